The van der Waals surface area contributed by atoms with Crippen LogP contribution >= 0.6 is 0 Å². The van der Waals surface area contributed by atoms with Crippen molar-refractivity contribution in [2.45, 2.75) is 18.9 Å². The molecule has 2 rings (SSSR count). The van der Waals surface area contributed by atoms with Crippen LogP contribution in [-0.2, 0) is 11.2 Å². The Morgan fingerprint density at radius 2 is 2.27 bits per heavy atom. The fourth-order valence-corrected chi connectivity index (χ4v) is 1.95. The first-order chi connectivity index (χ1) is 7.31. The average molecular weight is 207 g/mol. The van der Waals surface area contributed by atoms with E-state index in [0.29, 0.717) is 13.2 Å². The van der Waals surface area contributed by atoms with Crippen LogP contribution < -0.4 is 10.5 Å². The topological polar surface area (TPSA) is 44.5 Å². The van der Waals surface area contributed by atoms with E-state index in [-0.39, 0.29) is 6.04 Å². The molecule has 2 N–H and O–H groups in total. The van der Waals surface area contributed by atoms with E-state index in [9.17, 15) is 0 Å². The molecule has 0 amide bonds. The second kappa shape index (κ2) is 4.64. The molecule has 0 heterocycles. The zero-order chi connectivity index (χ0) is 10.7. The van der Waals surface area contributed by atoms with Crippen LogP contribution in [0.4, 0.5) is 0 Å². The fourth-order valence-electron chi connectivity index (χ4n) is 1.95. The Bertz CT molecular complexity index is 338. The van der Waals surface area contributed by atoms with Gasteiger partial charge in [0.25, 0.3) is 0 Å². The van der Waals surface area contributed by atoms with E-state index in [1.165, 1.54) is 11.1 Å². The summed E-state index contributed by atoms with van der Waals surface area (Å²) in [4.78, 5) is 0. The van der Waals surface area contributed by atoms with Gasteiger partial charge in [-0.1, -0.05) is 6.07 Å². The standard InChI is InChI=1S/C12H17NO2/c1-14-6-7-15-10-4-2-9-3-5-12(13)11(9)8-10/h2,4,8,12H,3,5-7,13H2,1H3. The fraction of sp³-hybridized carbons (Fsp3) is 0.500. The van der Waals surface area contributed by atoms with Crippen molar-refractivity contribution in [1.29, 1.82) is 0 Å². The number of rotatable bonds is 4. The molecule has 0 bridgehead atoms. The van der Waals surface area contributed by atoms with E-state index in [1.54, 1.807) is 7.11 Å². The van der Waals surface area contributed by atoms with Gasteiger partial charge in [0, 0.05) is 13.2 Å². The number of ether oxygens (including phenoxy) is 2. The smallest absolute Gasteiger partial charge is 0.119 e. The van der Waals surface area contributed by atoms with Crippen molar-refractivity contribution in [3.8, 4) is 5.75 Å². The Labute approximate surface area is 90.2 Å². The van der Waals surface area contributed by atoms with E-state index in [2.05, 4.69) is 12.1 Å². The Morgan fingerprint density at radius 1 is 1.40 bits per heavy atom. The number of benzene rings is 1. The summed E-state index contributed by atoms with van der Waals surface area (Å²) < 4.78 is 10.5. The van der Waals surface area contributed by atoms with Crippen LogP contribution in [0.15, 0.2) is 18.2 Å². The summed E-state index contributed by atoms with van der Waals surface area (Å²) in [5, 5.41) is 0. The maximum atomic E-state index is 5.99. The molecule has 0 saturated heterocycles. The molecule has 15 heavy (non-hydrogen) atoms. The van der Waals surface area contributed by atoms with Gasteiger partial charge in [0.05, 0.1) is 6.61 Å². The second-order valence-corrected chi connectivity index (χ2v) is 3.85. The minimum Gasteiger partial charge on any atom is -0.491 e. The highest BCUT2D eigenvalue weighted by Gasteiger charge is 2.19. The monoisotopic (exact) mass is 207 g/mol. The maximum absolute atomic E-state index is 5.99. The number of nitrogens with two attached hydrogens (primary N) is 1. The summed E-state index contributed by atoms with van der Waals surface area (Å²) in [6.07, 6.45) is 2.14. The first kappa shape index (κ1) is 10.5. The van der Waals surface area contributed by atoms with Gasteiger partial charge in [0.15, 0.2) is 0 Å². The van der Waals surface area contributed by atoms with Crippen LogP contribution in [-0.4, -0.2) is 20.3 Å². The highest BCUT2D eigenvalue weighted by atomic mass is 16.5. The van der Waals surface area contributed by atoms with Crippen molar-refractivity contribution < 1.29 is 9.47 Å². The van der Waals surface area contributed by atoms with Gasteiger partial charge in [0.2, 0.25) is 0 Å². The number of methoxy groups -OCH3 is 1. The van der Waals surface area contributed by atoms with E-state index in [1.807, 2.05) is 6.07 Å². The van der Waals surface area contributed by atoms with Gasteiger partial charge in [-0.3, -0.25) is 0 Å². The quantitative estimate of drug-likeness (QED) is 0.764. The molecule has 0 aromatic heterocycles. The Morgan fingerprint density at radius 3 is 3.07 bits per heavy atom. The first-order valence-corrected chi connectivity index (χ1v) is 5.31. The van der Waals surface area contributed by atoms with E-state index >= 15 is 0 Å². The van der Waals surface area contributed by atoms with E-state index < -0.39 is 0 Å². The highest BCUT2D eigenvalue weighted by Crippen LogP contribution is 2.31. The SMILES string of the molecule is COCCOc1ccc2c(c1)C(N)CC2. The van der Waals surface area contributed by atoms with Gasteiger partial charge < -0.3 is 15.2 Å². The molecule has 1 atom stereocenters. The van der Waals surface area contributed by atoms with Crippen LogP contribution in [0.5, 0.6) is 5.75 Å². The minimum absolute atomic E-state index is 0.186. The molecule has 1 unspecified atom stereocenters. The third kappa shape index (κ3) is 2.30. The number of hydrogen-bond donors (Lipinski definition) is 1. The summed E-state index contributed by atoms with van der Waals surface area (Å²) in [6.45, 7) is 1.20. The Hall–Kier alpha value is -1.06. The third-order valence-corrected chi connectivity index (χ3v) is 2.80. The van der Waals surface area contributed by atoms with Crippen LogP contribution in [0.1, 0.15) is 23.6 Å². The van der Waals surface area contributed by atoms with Gasteiger partial charge >= 0.3 is 0 Å². The molecule has 1 aromatic rings. The Balaban J connectivity index is 2.05. The summed E-state index contributed by atoms with van der Waals surface area (Å²) in [7, 11) is 1.67. The second-order valence-electron chi connectivity index (χ2n) is 3.85. The van der Waals surface area contributed by atoms with Crippen molar-refractivity contribution >= 4 is 0 Å². The van der Waals surface area contributed by atoms with Gasteiger partial charge in [-0.15, -0.1) is 0 Å². The van der Waals surface area contributed by atoms with Crippen molar-refractivity contribution in [3.05, 3.63) is 29.3 Å². The van der Waals surface area contributed by atoms with Crippen molar-refractivity contribution in [2.75, 3.05) is 20.3 Å². The predicted molar refractivity (Wildman–Crippen MR) is 59.1 cm³/mol. The lowest BCUT2D eigenvalue weighted by Crippen LogP contribution is -2.07. The van der Waals surface area contributed by atoms with Gasteiger partial charge in [-0.05, 0) is 36.1 Å². The molecule has 0 saturated carbocycles. The number of hydrogen-bond acceptors (Lipinski definition) is 3. The molecule has 0 fully saturated rings. The molecule has 1 aromatic carbocycles. The molecular weight excluding hydrogens is 190 g/mol. The Kier molecular flexibility index (Phi) is 3.23. The van der Waals surface area contributed by atoms with Gasteiger partial charge in [-0.2, -0.15) is 0 Å². The van der Waals surface area contributed by atoms with Crippen molar-refractivity contribution in [1.82, 2.24) is 0 Å². The zero-order valence-corrected chi connectivity index (χ0v) is 9.03. The highest BCUT2D eigenvalue weighted by molar-refractivity contribution is 5.40. The summed E-state index contributed by atoms with van der Waals surface area (Å²) >= 11 is 0. The molecular formula is C12H17NO2. The molecule has 3 heteroatoms. The summed E-state index contributed by atoms with van der Waals surface area (Å²) in [6, 6.07) is 6.37. The minimum atomic E-state index is 0.186. The lowest BCUT2D eigenvalue weighted by molar-refractivity contribution is 0.146. The molecule has 0 radical (unpaired) electrons. The third-order valence-electron chi connectivity index (χ3n) is 2.80. The normalized spacial score (nSPS) is 18.9. The molecule has 82 valence electrons. The predicted octanol–water partition coefficient (Wildman–Crippen LogP) is 1.66. The average Bonchev–Trinajstić information content (AvgIpc) is 2.61. The van der Waals surface area contributed by atoms with Crippen LogP contribution in [0.3, 0.4) is 0 Å². The molecule has 0 aliphatic heterocycles. The van der Waals surface area contributed by atoms with Crippen LogP contribution in [0, 0.1) is 0 Å². The van der Waals surface area contributed by atoms with Gasteiger partial charge in [-0.25, -0.2) is 0 Å². The molecule has 0 spiro atoms. The zero-order valence-electron chi connectivity index (χ0n) is 9.03. The van der Waals surface area contributed by atoms with Crippen molar-refractivity contribution in [3.63, 3.8) is 0 Å². The largest absolute Gasteiger partial charge is 0.491 e. The number of fused-ring (bicyclic) bond motifs is 1. The number of aryl methyl sites for hydroxylation is 1. The first-order valence-electron chi connectivity index (χ1n) is 5.31. The van der Waals surface area contributed by atoms with Crippen molar-refractivity contribution in [2.24, 2.45) is 5.73 Å². The summed E-state index contributed by atoms with van der Waals surface area (Å²) in [5.74, 6) is 0.892. The van der Waals surface area contributed by atoms with Crippen LogP contribution in [0.25, 0.3) is 0 Å². The lowest BCUT2D eigenvalue weighted by Gasteiger charge is -2.09. The maximum Gasteiger partial charge on any atom is 0.119 e. The molecule has 1 aliphatic rings. The lowest BCUT2D eigenvalue weighted by atomic mass is 10.1. The van der Waals surface area contributed by atoms with Crippen LogP contribution in [0.2, 0.25) is 0 Å². The molecule has 1 aliphatic carbocycles. The summed E-state index contributed by atoms with van der Waals surface area (Å²) in [5.41, 5.74) is 8.59. The molecule has 3 nitrogen and oxygen atoms in total. The van der Waals surface area contributed by atoms with Gasteiger partial charge in [0.1, 0.15) is 12.4 Å². The van der Waals surface area contributed by atoms with E-state index in [0.717, 1.165) is 18.6 Å². The van der Waals surface area contributed by atoms with E-state index in [4.69, 9.17) is 15.2 Å².